The molecule has 16 aromatic rings. The summed E-state index contributed by atoms with van der Waals surface area (Å²) >= 11 is 2.01. The van der Waals surface area contributed by atoms with Gasteiger partial charge in [-0.1, -0.05) is 363 Å². The fraction of sp³-hybridized carbons (Fsp3) is 0.484. The van der Waals surface area contributed by atoms with Crippen LogP contribution in [-0.4, -0.2) is 12.4 Å². The van der Waals surface area contributed by atoms with E-state index in [9.17, 15) is 0 Å². The van der Waals surface area contributed by atoms with E-state index in [0.29, 0.717) is 0 Å². The van der Waals surface area contributed by atoms with Crippen molar-refractivity contribution in [3.05, 3.63) is 223 Å². The molecule has 0 saturated carbocycles. The van der Waals surface area contributed by atoms with Crippen LogP contribution in [0.2, 0.25) is 0 Å². The molecule has 0 atom stereocenters. The molecule has 0 unspecified atom stereocenters. The molecule has 126 heavy (non-hydrogen) atoms. The zero-order valence-electron chi connectivity index (χ0n) is 81.8. The fourth-order valence-electron chi connectivity index (χ4n) is 21.9. The van der Waals surface area contributed by atoms with Crippen LogP contribution in [-0.2, 0) is 38.5 Å². The van der Waals surface area contributed by atoms with Crippen LogP contribution >= 0.6 is 11.8 Å². The normalized spacial score (nSPS) is 12.0. The minimum Gasteiger partial charge on any atom is -0.493 e. The molecule has 0 saturated heterocycles. The minimum atomic E-state index is 0.768. The van der Waals surface area contributed by atoms with Crippen molar-refractivity contribution in [3.8, 4) is 5.75 Å². The summed E-state index contributed by atoms with van der Waals surface area (Å²) in [6.45, 7) is 37.2. The Kier molecular flexibility index (Phi) is 35.9. The number of ether oxygens (including phenoxy) is 1. The number of aryl methyl sites for hydroxylation is 14. The maximum atomic E-state index is 6.12. The Morgan fingerprint density at radius 1 is 0.183 bits per heavy atom. The summed E-state index contributed by atoms with van der Waals surface area (Å²) in [5.41, 5.74) is 20.5. The second kappa shape index (κ2) is 47.4. The lowest BCUT2D eigenvalue weighted by atomic mass is 9.85. The minimum absolute atomic E-state index is 0.768. The van der Waals surface area contributed by atoms with Crippen molar-refractivity contribution >= 4 is 141 Å². The molecule has 0 bridgehead atoms. The molecular formula is C124H160OS. The molecule has 0 N–H and O–H groups in total. The van der Waals surface area contributed by atoms with Gasteiger partial charge in [-0.3, -0.25) is 0 Å². The van der Waals surface area contributed by atoms with Crippen LogP contribution in [0.1, 0.15) is 364 Å². The third-order valence-corrected chi connectivity index (χ3v) is 30.2. The van der Waals surface area contributed by atoms with Gasteiger partial charge in [0, 0.05) is 15.7 Å². The van der Waals surface area contributed by atoms with Crippen molar-refractivity contribution in [2.24, 2.45) is 0 Å². The zero-order valence-corrected chi connectivity index (χ0v) is 82.6. The van der Waals surface area contributed by atoms with Crippen LogP contribution in [0.5, 0.6) is 5.75 Å². The van der Waals surface area contributed by atoms with Crippen LogP contribution < -0.4 is 4.74 Å². The van der Waals surface area contributed by atoms with Gasteiger partial charge in [0.05, 0.1) is 6.61 Å². The molecule has 0 radical (unpaired) electrons. The lowest BCUT2D eigenvalue weighted by molar-refractivity contribution is 0.321. The molecule has 0 fully saturated rings. The highest BCUT2D eigenvalue weighted by atomic mass is 32.2. The number of thioether (sulfide) groups is 1. The van der Waals surface area contributed by atoms with E-state index in [-0.39, 0.29) is 0 Å². The summed E-state index contributed by atoms with van der Waals surface area (Å²) in [6, 6.07) is 57.3. The summed E-state index contributed by atoms with van der Waals surface area (Å²) in [7, 11) is 0. The molecule has 16 aromatic carbocycles. The first-order valence-electron chi connectivity index (χ1n) is 51.7. The molecule has 16 rings (SSSR count). The topological polar surface area (TPSA) is 9.23 Å². The van der Waals surface area contributed by atoms with Crippen molar-refractivity contribution < 1.29 is 4.74 Å². The van der Waals surface area contributed by atoms with Gasteiger partial charge >= 0.3 is 0 Å². The molecular weight excluding hydrogens is 1540 g/mol. The largest absolute Gasteiger partial charge is 0.493 e. The van der Waals surface area contributed by atoms with Gasteiger partial charge in [0.2, 0.25) is 0 Å². The average Bonchev–Trinajstić information content (AvgIpc) is 0.740. The van der Waals surface area contributed by atoms with Crippen molar-refractivity contribution in [2.75, 3.05) is 12.4 Å². The summed E-state index contributed by atoms with van der Waals surface area (Å²) in [6.07, 6.45) is 56.4. The van der Waals surface area contributed by atoms with Crippen molar-refractivity contribution in [1.29, 1.82) is 0 Å². The number of hydrogen-bond donors (Lipinski definition) is 0. The van der Waals surface area contributed by atoms with E-state index in [0.717, 1.165) is 25.2 Å². The predicted octanol–water partition coefficient (Wildman–Crippen LogP) is 39.7. The second-order valence-electron chi connectivity index (χ2n) is 38.9. The Morgan fingerprint density at radius 3 is 0.635 bits per heavy atom. The zero-order chi connectivity index (χ0) is 88.6. The second-order valence-corrected chi connectivity index (χ2v) is 40.0. The molecule has 0 spiro atoms. The molecule has 1 nitrogen and oxygen atoms in total. The fourth-order valence-corrected chi connectivity index (χ4v) is 22.9. The van der Waals surface area contributed by atoms with E-state index in [1.165, 1.54) is 452 Å². The quantitative estimate of drug-likeness (QED) is 0.0214. The third kappa shape index (κ3) is 22.3. The van der Waals surface area contributed by atoms with Crippen LogP contribution in [0, 0.1) is 55.4 Å². The number of unbranched alkanes of at least 4 members (excludes halogenated alkanes) is 28. The van der Waals surface area contributed by atoms with Gasteiger partial charge in [0.15, 0.2) is 0 Å². The van der Waals surface area contributed by atoms with Gasteiger partial charge in [-0.2, -0.15) is 0 Å². The van der Waals surface area contributed by atoms with E-state index >= 15 is 0 Å². The SMILES string of the molecule is CCCCCCCCCCCCCCCCCCc1cc(C)c2ccc3c(CCCC)cc(C)c4ccc1c2c43.CCCCCCCCCCCCc1cc(C)c2ccc3c(CCCC)cc(C)c4ccc1c2c43.CCCCc1cc(C)c2ccc3c(OCCC)cc(C)c4ccc1c2c43.CCCCc1cc(C)c2ccc3c(SCCC)cc(C)c4ccc1c2c43. The van der Waals surface area contributed by atoms with Crippen LogP contribution in [0.15, 0.2) is 150 Å². The highest BCUT2D eigenvalue weighted by molar-refractivity contribution is 7.99. The van der Waals surface area contributed by atoms with Crippen molar-refractivity contribution in [3.63, 3.8) is 0 Å². The molecule has 0 aromatic heterocycles. The molecule has 0 amide bonds. The van der Waals surface area contributed by atoms with Crippen LogP contribution in [0.3, 0.4) is 0 Å². The number of benzene rings is 16. The van der Waals surface area contributed by atoms with E-state index in [4.69, 9.17) is 4.74 Å². The van der Waals surface area contributed by atoms with Gasteiger partial charge in [0.25, 0.3) is 0 Å². The smallest absolute Gasteiger partial charge is 0.127 e. The summed E-state index contributed by atoms with van der Waals surface area (Å²) in [5.74, 6) is 2.22. The lowest BCUT2D eigenvalue weighted by Crippen LogP contribution is -1.99. The monoisotopic (exact) mass is 1700 g/mol. The summed E-state index contributed by atoms with van der Waals surface area (Å²) in [4.78, 5) is 1.45. The van der Waals surface area contributed by atoms with E-state index in [2.05, 4.69) is 256 Å². The predicted molar refractivity (Wildman–Crippen MR) is 569 cm³/mol. The first-order valence-corrected chi connectivity index (χ1v) is 52.7. The first kappa shape index (κ1) is 95.4. The Morgan fingerprint density at radius 2 is 0.381 bits per heavy atom. The molecule has 0 heterocycles. The van der Waals surface area contributed by atoms with Crippen molar-refractivity contribution in [2.45, 2.75) is 385 Å². The Balaban J connectivity index is 0.000000146. The van der Waals surface area contributed by atoms with Gasteiger partial charge in [-0.05, 0) is 366 Å². The summed E-state index contributed by atoms with van der Waals surface area (Å²) in [5, 5.41) is 34.9. The highest BCUT2D eigenvalue weighted by Crippen LogP contribution is 2.48. The highest BCUT2D eigenvalue weighted by Gasteiger charge is 2.23. The first-order chi connectivity index (χ1) is 61.6. The average molecular weight is 1700 g/mol. The molecule has 668 valence electrons. The van der Waals surface area contributed by atoms with E-state index in [1.54, 1.807) is 22.3 Å². The van der Waals surface area contributed by atoms with Gasteiger partial charge < -0.3 is 4.74 Å². The van der Waals surface area contributed by atoms with Crippen LogP contribution in [0.25, 0.3) is 129 Å². The van der Waals surface area contributed by atoms with E-state index < -0.39 is 0 Å². The Bertz CT molecular complexity index is 5790. The van der Waals surface area contributed by atoms with Gasteiger partial charge in [-0.25, -0.2) is 0 Å². The standard InChI is InChI=1S/C40H58.C34H46.C25H28O.C25H28S/c1-5-7-9-10-11-12-13-14-15-16-17-18-19-20-21-22-24-34-30-32(4)36-25-27-37-33(23-8-6-2)29-31(3)35-26-28-38(34)40(36)39(35)37;1-5-7-9-10-11-12-13-14-15-16-18-28-24-26(4)30-19-21-31-27(17-8-6-2)23-25(3)29-20-22-32(28)34(30)33(29)31;2*1-5-7-8-18-14-16(3)19-10-12-22-23(26-13-6-2)15-17(4)20-9-11-21(18)24(19)25(20)22/h25-30H,5-24H2,1-4H3;19-24H,5-18H2,1-4H3;2*9-12,14-15H,5-8,13H2,1-4H3. The molecule has 0 aliphatic heterocycles. The molecule has 0 aliphatic carbocycles. The van der Waals surface area contributed by atoms with Crippen molar-refractivity contribution in [1.82, 2.24) is 0 Å². The molecule has 2 heteroatoms. The lowest BCUT2D eigenvalue weighted by Gasteiger charge is -2.19. The molecule has 0 aliphatic rings. The number of hydrogen-bond acceptors (Lipinski definition) is 2. The third-order valence-electron chi connectivity index (χ3n) is 28.9. The number of rotatable bonds is 46. The van der Waals surface area contributed by atoms with Gasteiger partial charge in [0.1, 0.15) is 5.75 Å². The van der Waals surface area contributed by atoms with E-state index in [1.807, 2.05) is 11.8 Å². The Hall–Kier alpha value is -8.17. The van der Waals surface area contributed by atoms with Gasteiger partial charge in [-0.15, -0.1) is 11.8 Å². The van der Waals surface area contributed by atoms with Crippen LogP contribution in [0.4, 0.5) is 0 Å². The maximum Gasteiger partial charge on any atom is 0.127 e. The maximum absolute atomic E-state index is 6.12. The summed E-state index contributed by atoms with van der Waals surface area (Å²) < 4.78 is 6.12. The Labute approximate surface area is 767 Å².